The van der Waals surface area contributed by atoms with Gasteiger partial charge in [0.2, 0.25) is 5.78 Å². The smallest absolute Gasteiger partial charge is 0.265 e. The minimum Gasteiger partial charge on any atom is -0.489 e. The third-order valence-electron chi connectivity index (χ3n) is 11.6. The Bertz CT molecular complexity index is 2070. The maximum absolute atomic E-state index is 15.1. The molecule has 0 radical (unpaired) electrons. The molecular formula is C41H43N3O7. The van der Waals surface area contributed by atoms with E-state index in [4.69, 9.17) is 18.7 Å². The predicted octanol–water partition coefficient (Wildman–Crippen LogP) is 5.93. The van der Waals surface area contributed by atoms with Crippen LogP contribution in [0.2, 0.25) is 0 Å². The predicted molar refractivity (Wildman–Crippen MR) is 190 cm³/mol. The van der Waals surface area contributed by atoms with Crippen LogP contribution in [0, 0.1) is 24.7 Å². The summed E-state index contributed by atoms with van der Waals surface area (Å²) in [5.74, 6) is -2.46. The van der Waals surface area contributed by atoms with Gasteiger partial charge in [-0.25, -0.2) is 0 Å². The number of benzene rings is 3. The van der Waals surface area contributed by atoms with E-state index in [0.29, 0.717) is 29.9 Å². The van der Waals surface area contributed by atoms with Crippen LogP contribution in [0.1, 0.15) is 67.6 Å². The highest BCUT2D eigenvalue weighted by atomic mass is 16.5. The lowest BCUT2D eigenvalue weighted by Gasteiger charge is -2.52. The molecule has 10 heteroatoms. The lowest BCUT2D eigenvalue weighted by molar-refractivity contribution is -0.159. The second-order valence-electron chi connectivity index (χ2n) is 14.6. The highest BCUT2D eigenvalue weighted by molar-refractivity contribution is 6.27. The fourth-order valence-corrected chi connectivity index (χ4v) is 9.14. The van der Waals surface area contributed by atoms with E-state index in [9.17, 15) is 9.59 Å². The van der Waals surface area contributed by atoms with Crippen LogP contribution in [0.5, 0.6) is 11.6 Å². The molecule has 3 aliphatic carbocycles. The zero-order valence-electron chi connectivity index (χ0n) is 29.6. The number of hydrogen-bond acceptors (Lipinski definition) is 10. The molecular weight excluding hydrogens is 646 g/mol. The third-order valence-corrected chi connectivity index (χ3v) is 11.6. The molecule has 2 fully saturated rings. The van der Waals surface area contributed by atoms with Gasteiger partial charge < -0.3 is 18.7 Å². The van der Waals surface area contributed by atoms with Crippen molar-refractivity contribution >= 4 is 28.1 Å². The number of rotatable bonds is 10. The number of methoxy groups -OCH3 is 1. The van der Waals surface area contributed by atoms with Gasteiger partial charge in [-0.05, 0) is 92.6 Å². The van der Waals surface area contributed by atoms with Crippen molar-refractivity contribution in [3.63, 3.8) is 0 Å². The number of aryl methyl sites for hydroxylation is 1. The number of likely N-dealkylation sites (tertiary alicyclic amines) is 1. The molecule has 4 aliphatic rings. The summed E-state index contributed by atoms with van der Waals surface area (Å²) in [4.78, 5) is 49.1. The molecule has 0 spiro atoms. The van der Waals surface area contributed by atoms with Crippen molar-refractivity contribution in [3.8, 4) is 11.6 Å². The zero-order chi connectivity index (χ0) is 35.6. The van der Waals surface area contributed by atoms with E-state index in [1.807, 2.05) is 56.3 Å². The van der Waals surface area contributed by atoms with E-state index in [2.05, 4.69) is 34.8 Å². The van der Waals surface area contributed by atoms with Crippen molar-refractivity contribution in [3.05, 3.63) is 100 Å². The maximum Gasteiger partial charge on any atom is 0.265 e. The van der Waals surface area contributed by atoms with Crippen molar-refractivity contribution < 1.29 is 33.1 Å². The van der Waals surface area contributed by atoms with Crippen LogP contribution in [0.15, 0.2) is 65.7 Å². The molecule has 0 N–H and O–H groups in total. The normalized spacial score (nSPS) is 25.5. The van der Waals surface area contributed by atoms with Crippen LogP contribution >= 0.6 is 0 Å². The minimum atomic E-state index is -1.93. The van der Waals surface area contributed by atoms with Gasteiger partial charge in [0.1, 0.15) is 24.5 Å². The van der Waals surface area contributed by atoms with Gasteiger partial charge in [-0.3, -0.25) is 24.2 Å². The van der Waals surface area contributed by atoms with E-state index in [0.717, 1.165) is 52.7 Å². The van der Waals surface area contributed by atoms with Gasteiger partial charge in [0.25, 0.3) is 5.88 Å². The van der Waals surface area contributed by atoms with Gasteiger partial charge in [0.05, 0.1) is 12.0 Å². The van der Waals surface area contributed by atoms with Crippen LogP contribution in [0.25, 0.3) is 10.8 Å². The highest BCUT2D eigenvalue weighted by Gasteiger charge is 2.68. The van der Waals surface area contributed by atoms with Crippen molar-refractivity contribution in [1.82, 2.24) is 15.0 Å². The van der Waals surface area contributed by atoms with E-state index < -0.39 is 35.0 Å². The van der Waals surface area contributed by atoms with Crippen LogP contribution in [-0.4, -0.2) is 78.8 Å². The van der Waals surface area contributed by atoms with Gasteiger partial charge in [0.15, 0.2) is 22.9 Å². The van der Waals surface area contributed by atoms with Crippen molar-refractivity contribution in [2.45, 2.75) is 51.0 Å². The maximum atomic E-state index is 15.1. The fourth-order valence-electron chi connectivity index (χ4n) is 9.14. The van der Waals surface area contributed by atoms with E-state index >= 15 is 4.79 Å². The summed E-state index contributed by atoms with van der Waals surface area (Å²) in [6.45, 7) is 9.23. The highest BCUT2D eigenvalue weighted by Crippen LogP contribution is 2.57. The quantitative estimate of drug-likeness (QED) is 0.147. The fraction of sp³-hybridized carbons (Fsp3) is 0.415. The Kier molecular flexibility index (Phi) is 8.44. The first kappa shape index (κ1) is 33.5. The largest absolute Gasteiger partial charge is 0.489 e. The van der Waals surface area contributed by atoms with Crippen LogP contribution in [-0.2, 0) is 29.1 Å². The first-order valence-corrected chi connectivity index (χ1v) is 17.7. The molecule has 0 bridgehead atoms. The summed E-state index contributed by atoms with van der Waals surface area (Å²) < 4.78 is 24.4. The third kappa shape index (κ3) is 5.10. The number of ketones is 3. The Hall–Kier alpha value is -4.64. The Labute approximate surface area is 297 Å². The summed E-state index contributed by atoms with van der Waals surface area (Å²) in [5.41, 5.74) is 2.35. The molecule has 0 amide bonds. The standard InChI is InChI=1S/C41H43N3O7/c1-6-17-49-36-27-14-13-25(21-44-15-10-16-44)18-28(27)23(2)31-29(36)19-26-20-30-34(43(3)4)37-33(39(47)41(30,48-5)38(46)32(26)35(31)45)40(42-51-37)50-22-24-11-8-7-9-12-24/h6-9,11-14,18,26,30,32,34H,1,10,15-17,19-22H2,2-5H3. The van der Waals surface area contributed by atoms with Crippen LogP contribution in [0.3, 0.4) is 0 Å². The average Bonchev–Trinajstić information content (AvgIpc) is 3.53. The van der Waals surface area contributed by atoms with Gasteiger partial charge in [-0.1, -0.05) is 55.1 Å². The molecule has 51 heavy (non-hydrogen) atoms. The van der Waals surface area contributed by atoms with Gasteiger partial charge in [-0.15, -0.1) is 0 Å². The van der Waals surface area contributed by atoms with E-state index in [1.165, 1.54) is 13.5 Å². The Morgan fingerprint density at radius 1 is 1.04 bits per heavy atom. The van der Waals surface area contributed by atoms with Gasteiger partial charge >= 0.3 is 0 Å². The molecule has 4 aromatic rings. The summed E-state index contributed by atoms with van der Waals surface area (Å²) in [7, 11) is 5.14. The molecule has 1 saturated heterocycles. The number of carbonyl (C=O) groups excluding carboxylic acids is 3. The number of hydrogen-bond donors (Lipinski definition) is 0. The topological polar surface area (TPSA) is 111 Å². The van der Waals surface area contributed by atoms with Crippen molar-refractivity contribution in [2.75, 3.05) is 40.9 Å². The van der Waals surface area contributed by atoms with E-state index in [-0.39, 0.29) is 36.4 Å². The number of ether oxygens (including phenoxy) is 3. The van der Waals surface area contributed by atoms with Crippen LogP contribution < -0.4 is 9.47 Å². The van der Waals surface area contributed by atoms with Gasteiger partial charge in [0, 0.05) is 36.1 Å². The molecule has 1 saturated carbocycles. The van der Waals surface area contributed by atoms with Gasteiger partial charge in [-0.2, -0.15) is 0 Å². The average molecular weight is 690 g/mol. The number of Topliss-reactive ketones (excluding diaryl/α,β-unsaturated/α-hetero) is 3. The molecule has 3 aromatic carbocycles. The SMILES string of the molecule is C=CCOc1c2c(c(C)c3cc(CN4CCC4)ccc13)C(=O)C1C(=O)C3(OC)C(=O)c4c(OCc5ccccc5)noc4C(N(C)C)C3CC1C2. The van der Waals surface area contributed by atoms with E-state index in [1.54, 1.807) is 6.08 Å². The monoisotopic (exact) mass is 689 g/mol. The van der Waals surface area contributed by atoms with Crippen LogP contribution in [0.4, 0.5) is 0 Å². The molecule has 10 nitrogen and oxygen atoms in total. The number of fused-ring (bicyclic) bond motifs is 5. The molecule has 8 rings (SSSR count). The Morgan fingerprint density at radius 2 is 1.82 bits per heavy atom. The molecule has 2 heterocycles. The molecule has 1 aliphatic heterocycles. The lowest BCUT2D eigenvalue weighted by atomic mass is 9.53. The summed E-state index contributed by atoms with van der Waals surface area (Å²) in [5, 5.41) is 6.06. The molecule has 5 atom stereocenters. The number of nitrogens with zero attached hydrogens (tertiary/aromatic N) is 3. The molecule has 5 unspecified atom stereocenters. The lowest BCUT2D eigenvalue weighted by Crippen LogP contribution is -2.67. The second-order valence-corrected chi connectivity index (χ2v) is 14.6. The number of carbonyl (C=O) groups is 3. The molecule has 264 valence electrons. The summed E-state index contributed by atoms with van der Waals surface area (Å²) >= 11 is 0. The zero-order valence-corrected chi connectivity index (χ0v) is 29.6. The molecule has 1 aromatic heterocycles. The Balaban J connectivity index is 1.23. The first-order chi connectivity index (χ1) is 24.7. The minimum absolute atomic E-state index is 0.0103. The number of aromatic nitrogens is 1. The first-order valence-electron chi connectivity index (χ1n) is 17.7. The summed E-state index contributed by atoms with van der Waals surface area (Å²) in [6.07, 6.45) is 3.71. The Morgan fingerprint density at radius 3 is 2.51 bits per heavy atom. The second kappa shape index (κ2) is 12.8. The van der Waals surface area contributed by atoms with Crippen molar-refractivity contribution in [1.29, 1.82) is 0 Å². The summed E-state index contributed by atoms with van der Waals surface area (Å²) in [6, 6.07) is 15.4. The van der Waals surface area contributed by atoms with Crippen molar-refractivity contribution in [2.24, 2.45) is 17.8 Å².